The van der Waals surface area contributed by atoms with E-state index in [4.69, 9.17) is 4.84 Å². The van der Waals surface area contributed by atoms with Gasteiger partial charge in [-0.1, -0.05) is 23.4 Å². The summed E-state index contributed by atoms with van der Waals surface area (Å²) in [4.78, 5) is 22.9. The monoisotopic (exact) mass is 323 g/mol. The van der Waals surface area contributed by atoms with Crippen LogP contribution in [0.15, 0.2) is 53.9 Å². The van der Waals surface area contributed by atoms with E-state index in [0.29, 0.717) is 5.71 Å². The average Bonchev–Trinajstić information content (AvgIpc) is 2.67. The number of aromatic nitrogens is 1. The summed E-state index contributed by atoms with van der Waals surface area (Å²) in [5, 5.41) is 4.02. The van der Waals surface area contributed by atoms with Gasteiger partial charge in [0.1, 0.15) is 0 Å². The minimum absolute atomic E-state index is 0.362. The van der Waals surface area contributed by atoms with Crippen LogP contribution in [0.2, 0.25) is 0 Å². The Balaban J connectivity index is 1.70. The van der Waals surface area contributed by atoms with E-state index in [1.165, 1.54) is 6.42 Å². The summed E-state index contributed by atoms with van der Waals surface area (Å²) in [7, 11) is 0. The van der Waals surface area contributed by atoms with Gasteiger partial charge < -0.3 is 4.90 Å². The van der Waals surface area contributed by atoms with Crippen molar-refractivity contribution in [2.24, 2.45) is 5.16 Å². The molecule has 0 atom stereocenters. The SMILES string of the molecule is C/C(=N/OC(=O)N1CCCCC1)c1cccc(-c2ccncc2)c1. The van der Waals surface area contributed by atoms with Gasteiger partial charge in [-0.3, -0.25) is 9.82 Å². The topological polar surface area (TPSA) is 54.8 Å². The molecule has 1 aliphatic rings. The summed E-state index contributed by atoms with van der Waals surface area (Å²) in [6, 6.07) is 11.9. The summed E-state index contributed by atoms with van der Waals surface area (Å²) in [6.45, 7) is 3.35. The summed E-state index contributed by atoms with van der Waals surface area (Å²) < 4.78 is 0. The lowest BCUT2D eigenvalue weighted by Gasteiger charge is -2.24. The Morgan fingerprint density at radius 2 is 1.83 bits per heavy atom. The highest BCUT2D eigenvalue weighted by molar-refractivity contribution is 5.99. The van der Waals surface area contributed by atoms with Crippen LogP contribution in [0.5, 0.6) is 0 Å². The zero-order valence-corrected chi connectivity index (χ0v) is 13.8. The molecule has 1 amide bonds. The Kier molecular flexibility index (Phi) is 5.21. The molecule has 1 aliphatic heterocycles. The third-order valence-corrected chi connectivity index (χ3v) is 4.17. The number of oxime groups is 1. The van der Waals surface area contributed by atoms with Crippen molar-refractivity contribution in [3.05, 3.63) is 54.4 Å². The van der Waals surface area contributed by atoms with Gasteiger partial charge in [-0.2, -0.15) is 0 Å². The lowest BCUT2D eigenvalue weighted by atomic mass is 10.0. The number of likely N-dealkylation sites (tertiary alicyclic amines) is 1. The van der Waals surface area contributed by atoms with Crippen LogP contribution in [0.25, 0.3) is 11.1 Å². The molecule has 1 saturated heterocycles. The van der Waals surface area contributed by atoms with Gasteiger partial charge in [0, 0.05) is 25.5 Å². The van der Waals surface area contributed by atoms with Crippen molar-refractivity contribution >= 4 is 11.8 Å². The van der Waals surface area contributed by atoms with Gasteiger partial charge in [0.2, 0.25) is 0 Å². The molecule has 0 radical (unpaired) electrons. The second-order valence-corrected chi connectivity index (χ2v) is 5.90. The summed E-state index contributed by atoms with van der Waals surface area (Å²) in [5.41, 5.74) is 3.77. The van der Waals surface area contributed by atoms with Crippen LogP contribution >= 0.6 is 0 Å². The van der Waals surface area contributed by atoms with Crippen LogP contribution in [0, 0.1) is 0 Å². The fraction of sp³-hybridized carbons (Fsp3) is 0.316. The Morgan fingerprint density at radius 3 is 2.58 bits per heavy atom. The second kappa shape index (κ2) is 7.73. The van der Waals surface area contributed by atoms with Crippen LogP contribution in [0.4, 0.5) is 4.79 Å². The lowest BCUT2D eigenvalue weighted by Crippen LogP contribution is -2.35. The van der Waals surface area contributed by atoms with Crippen LogP contribution in [-0.4, -0.2) is 34.8 Å². The van der Waals surface area contributed by atoms with Crippen molar-refractivity contribution in [3.8, 4) is 11.1 Å². The highest BCUT2D eigenvalue weighted by Gasteiger charge is 2.18. The number of hydrogen-bond donors (Lipinski definition) is 0. The van der Waals surface area contributed by atoms with E-state index in [1.807, 2.05) is 43.3 Å². The van der Waals surface area contributed by atoms with Gasteiger partial charge in [0.05, 0.1) is 5.71 Å². The molecular formula is C19H21N3O2. The number of piperidine rings is 1. The van der Waals surface area contributed by atoms with E-state index >= 15 is 0 Å². The van der Waals surface area contributed by atoms with Gasteiger partial charge in [0.15, 0.2) is 0 Å². The maximum Gasteiger partial charge on any atom is 0.435 e. The number of nitrogens with zero attached hydrogens (tertiary/aromatic N) is 3. The Hall–Kier alpha value is -2.69. The Morgan fingerprint density at radius 1 is 1.08 bits per heavy atom. The molecule has 1 aromatic heterocycles. The lowest BCUT2D eigenvalue weighted by molar-refractivity contribution is 0.0982. The zero-order chi connectivity index (χ0) is 16.8. The average molecular weight is 323 g/mol. The smallest absolute Gasteiger partial charge is 0.306 e. The molecule has 0 aliphatic carbocycles. The van der Waals surface area contributed by atoms with E-state index in [1.54, 1.807) is 17.3 Å². The van der Waals surface area contributed by atoms with E-state index < -0.39 is 0 Å². The number of carbonyl (C=O) groups excluding carboxylic acids is 1. The van der Waals surface area contributed by atoms with Gasteiger partial charge in [0.25, 0.3) is 0 Å². The molecule has 2 heterocycles. The van der Waals surface area contributed by atoms with E-state index in [2.05, 4.69) is 10.1 Å². The number of pyridine rings is 1. The van der Waals surface area contributed by atoms with Gasteiger partial charge in [-0.15, -0.1) is 0 Å². The fourth-order valence-corrected chi connectivity index (χ4v) is 2.76. The standard InChI is InChI=1S/C19H21N3O2/c1-15(21-24-19(23)22-12-3-2-4-13-22)17-6-5-7-18(14-17)16-8-10-20-11-9-16/h5-11,14H,2-4,12-13H2,1H3/b21-15-. The van der Waals surface area contributed by atoms with Crippen LogP contribution in [0.3, 0.4) is 0 Å². The van der Waals surface area contributed by atoms with Crippen molar-refractivity contribution in [1.82, 2.24) is 9.88 Å². The molecule has 0 N–H and O–H groups in total. The summed E-state index contributed by atoms with van der Waals surface area (Å²) in [5.74, 6) is 0. The first-order chi connectivity index (χ1) is 11.7. The maximum atomic E-state index is 12.0. The van der Waals surface area contributed by atoms with Crippen molar-refractivity contribution in [2.45, 2.75) is 26.2 Å². The minimum Gasteiger partial charge on any atom is -0.306 e. The van der Waals surface area contributed by atoms with Crippen LogP contribution in [-0.2, 0) is 4.84 Å². The van der Waals surface area contributed by atoms with Crippen molar-refractivity contribution in [3.63, 3.8) is 0 Å². The summed E-state index contributed by atoms with van der Waals surface area (Å²) in [6.07, 6.45) is 6.41. The molecule has 0 spiro atoms. The van der Waals surface area contributed by atoms with E-state index in [9.17, 15) is 4.79 Å². The van der Waals surface area contributed by atoms with E-state index in [0.717, 1.165) is 42.6 Å². The molecule has 124 valence electrons. The molecule has 5 heteroatoms. The molecule has 0 unspecified atom stereocenters. The first-order valence-corrected chi connectivity index (χ1v) is 8.25. The molecule has 24 heavy (non-hydrogen) atoms. The molecular weight excluding hydrogens is 302 g/mol. The minimum atomic E-state index is -0.362. The Labute approximate surface area is 142 Å². The first kappa shape index (κ1) is 16.2. The number of rotatable bonds is 3. The summed E-state index contributed by atoms with van der Waals surface area (Å²) >= 11 is 0. The highest BCUT2D eigenvalue weighted by Crippen LogP contribution is 2.20. The normalized spacial score (nSPS) is 15.2. The molecule has 3 rings (SSSR count). The number of amides is 1. The highest BCUT2D eigenvalue weighted by atomic mass is 16.7. The van der Waals surface area contributed by atoms with Crippen molar-refractivity contribution in [1.29, 1.82) is 0 Å². The van der Waals surface area contributed by atoms with Crippen LogP contribution in [0.1, 0.15) is 31.7 Å². The van der Waals surface area contributed by atoms with Gasteiger partial charge in [-0.05, 0) is 61.1 Å². The predicted molar refractivity (Wildman–Crippen MR) is 93.8 cm³/mol. The molecule has 1 fully saturated rings. The largest absolute Gasteiger partial charge is 0.435 e. The van der Waals surface area contributed by atoms with Crippen molar-refractivity contribution < 1.29 is 9.63 Å². The fourth-order valence-electron chi connectivity index (χ4n) is 2.76. The third kappa shape index (κ3) is 3.98. The van der Waals surface area contributed by atoms with Gasteiger partial charge in [-0.25, -0.2) is 4.79 Å². The van der Waals surface area contributed by atoms with Crippen LogP contribution < -0.4 is 0 Å². The number of carbonyl (C=O) groups is 1. The van der Waals surface area contributed by atoms with E-state index in [-0.39, 0.29) is 6.09 Å². The molecule has 0 saturated carbocycles. The molecule has 0 bridgehead atoms. The molecule has 5 nitrogen and oxygen atoms in total. The predicted octanol–water partition coefficient (Wildman–Crippen LogP) is 4.10. The Bertz CT molecular complexity index is 722. The zero-order valence-electron chi connectivity index (χ0n) is 13.8. The second-order valence-electron chi connectivity index (χ2n) is 5.90. The third-order valence-electron chi connectivity index (χ3n) is 4.17. The quantitative estimate of drug-likeness (QED) is 0.485. The molecule has 2 aromatic rings. The molecule has 1 aromatic carbocycles. The van der Waals surface area contributed by atoms with Gasteiger partial charge >= 0.3 is 6.09 Å². The first-order valence-electron chi connectivity index (χ1n) is 8.25. The maximum absolute atomic E-state index is 12.0. The van der Waals surface area contributed by atoms with Crippen molar-refractivity contribution in [2.75, 3.05) is 13.1 Å². The number of hydrogen-bond acceptors (Lipinski definition) is 4. The number of benzene rings is 1.